The maximum Gasteiger partial charge on any atom is 0.308 e. The van der Waals surface area contributed by atoms with Crippen LogP contribution < -0.4 is 14.9 Å². The summed E-state index contributed by atoms with van der Waals surface area (Å²) < 4.78 is 16.6. The summed E-state index contributed by atoms with van der Waals surface area (Å²) >= 11 is 0. The lowest BCUT2D eigenvalue weighted by atomic mass is 10.1. The Morgan fingerprint density at radius 3 is 2.36 bits per heavy atom. The second-order valence-electron chi connectivity index (χ2n) is 5.94. The van der Waals surface area contributed by atoms with E-state index in [2.05, 4.69) is 0 Å². The first-order valence-corrected chi connectivity index (χ1v) is 7.86. The number of benzene rings is 2. The molecule has 1 aromatic heterocycles. The van der Waals surface area contributed by atoms with Crippen molar-refractivity contribution in [3.05, 3.63) is 63.5 Å². The molecule has 0 atom stereocenters. The maximum absolute atomic E-state index is 12.8. The van der Waals surface area contributed by atoms with E-state index in [1.54, 1.807) is 38.1 Å². The van der Waals surface area contributed by atoms with Crippen molar-refractivity contribution < 1.29 is 18.7 Å². The molecule has 0 unspecified atom stereocenters. The van der Waals surface area contributed by atoms with Gasteiger partial charge in [0.2, 0.25) is 11.2 Å². The van der Waals surface area contributed by atoms with Gasteiger partial charge in [0.05, 0.1) is 5.39 Å². The van der Waals surface area contributed by atoms with E-state index in [1.165, 1.54) is 6.92 Å². The van der Waals surface area contributed by atoms with Crippen molar-refractivity contribution in [3.8, 4) is 17.2 Å². The van der Waals surface area contributed by atoms with Crippen molar-refractivity contribution in [3.63, 3.8) is 0 Å². The molecular formula is C20H18O5. The molecule has 0 saturated carbocycles. The molecule has 3 aromatic rings. The minimum Gasteiger partial charge on any atom is -0.457 e. The number of fused-ring (bicyclic) bond motifs is 1. The average molecular weight is 338 g/mol. The van der Waals surface area contributed by atoms with Crippen LogP contribution in [-0.2, 0) is 4.79 Å². The van der Waals surface area contributed by atoms with Crippen molar-refractivity contribution in [1.82, 2.24) is 0 Å². The monoisotopic (exact) mass is 338 g/mol. The second kappa shape index (κ2) is 6.43. The highest BCUT2D eigenvalue weighted by molar-refractivity contribution is 5.82. The molecule has 0 aliphatic rings. The van der Waals surface area contributed by atoms with Gasteiger partial charge < -0.3 is 13.9 Å². The summed E-state index contributed by atoms with van der Waals surface area (Å²) in [5, 5.41) is 0.376. The third-order valence-electron chi connectivity index (χ3n) is 3.81. The Kier molecular flexibility index (Phi) is 4.31. The van der Waals surface area contributed by atoms with Crippen LogP contribution in [0.2, 0.25) is 0 Å². The fraction of sp³-hybridized carbons (Fsp3) is 0.200. The largest absolute Gasteiger partial charge is 0.457 e. The van der Waals surface area contributed by atoms with Gasteiger partial charge in [-0.3, -0.25) is 9.59 Å². The third kappa shape index (κ3) is 3.40. The number of carbonyl (C=O) groups is 1. The lowest BCUT2D eigenvalue weighted by Crippen LogP contribution is -2.09. The first-order chi connectivity index (χ1) is 11.8. The molecule has 0 radical (unpaired) electrons. The molecule has 128 valence electrons. The molecule has 25 heavy (non-hydrogen) atoms. The number of esters is 1. The molecule has 5 heteroatoms. The standard InChI is InChI=1S/C20H18O5/c1-11-5-7-15(8-6-11)25-20-13(3)23-18-10-17(24-14(4)21)12(2)9-16(18)19(20)22/h5-10H,1-4H3. The Morgan fingerprint density at radius 2 is 1.72 bits per heavy atom. The van der Waals surface area contributed by atoms with Crippen LogP contribution in [-0.4, -0.2) is 5.97 Å². The first-order valence-electron chi connectivity index (χ1n) is 7.86. The molecule has 3 rings (SSSR count). The lowest BCUT2D eigenvalue weighted by molar-refractivity contribution is -0.131. The van der Waals surface area contributed by atoms with Crippen LogP contribution >= 0.6 is 0 Å². The van der Waals surface area contributed by atoms with Crippen molar-refractivity contribution >= 4 is 16.9 Å². The van der Waals surface area contributed by atoms with Crippen molar-refractivity contribution in [2.75, 3.05) is 0 Å². The minimum atomic E-state index is -0.430. The summed E-state index contributed by atoms with van der Waals surface area (Å²) in [5.74, 6) is 1.01. The number of hydrogen-bond donors (Lipinski definition) is 0. The molecule has 0 N–H and O–H groups in total. The molecule has 5 nitrogen and oxygen atoms in total. The van der Waals surface area contributed by atoms with Gasteiger partial charge in [-0.05, 0) is 44.5 Å². The van der Waals surface area contributed by atoms with E-state index in [1.807, 2.05) is 19.1 Å². The Hall–Kier alpha value is -3.08. The van der Waals surface area contributed by atoms with E-state index < -0.39 is 5.97 Å². The van der Waals surface area contributed by atoms with E-state index >= 15 is 0 Å². The SMILES string of the molecule is CC(=O)Oc1cc2oc(C)c(Oc3ccc(C)cc3)c(=O)c2cc1C. The quantitative estimate of drug-likeness (QED) is 0.522. The van der Waals surface area contributed by atoms with Crippen molar-refractivity contribution in [2.24, 2.45) is 0 Å². The van der Waals surface area contributed by atoms with E-state index in [0.717, 1.165) is 5.56 Å². The molecule has 0 bridgehead atoms. The summed E-state index contributed by atoms with van der Waals surface area (Å²) in [6.45, 7) is 6.72. The van der Waals surface area contributed by atoms with Crippen molar-refractivity contribution in [1.29, 1.82) is 0 Å². The number of ether oxygens (including phenoxy) is 2. The topological polar surface area (TPSA) is 65.7 Å². The van der Waals surface area contributed by atoms with E-state index in [9.17, 15) is 9.59 Å². The summed E-state index contributed by atoms with van der Waals surface area (Å²) in [5.41, 5.74) is 1.85. The summed E-state index contributed by atoms with van der Waals surface area (Å²) in [6, 6.07) is 10.6. The van der Waals surface area contributed by atoms with Gasteiger partial charge in [0, 0.05) is 13.0 Å². The zero-order valence-electron chi connectivity index (χ0n) is 14.5. The molecular weight excluding hydrogens is 320 g/mol. The maximum atomic E-state index is 12.8. The smallest absolute Gasteiger partial charge is 0.308 e. The second-order valence-corrected chi connectivity index (χ2v) is 5.94. The number of rotatable bonds is 3. The zero-order chi connectivity index (χ0) is 18.1. The number of aryl methyl sites for hydroxylation is 3. The van der Waals surface area contributed by atoms with Gasteiger partial charge in [-0.15, -0.1) is 0 Å². The van der Waals surface area contributed by atoms with E-state index in [4.69, 9.17) is 13.9 Å². The average Bonchev–Trinajstić information content (AvgIpc) is 2.54. The lowest BCUT2D eigenvalue weighted by Gasteiger charge is -2.11. The van der Waals surface area contributed by atoms with Crippen LogP contribution in [0.4, 0.5) is 0 Å². The van der Waals surface area contributed by atoms with Crippen LogP contribution in [0.3, 0.4) is 0 Å². The Balaban J connectivity index is 2.10. The van der Waals surface area contributed by atoms with Gasteiger partial charge >= 0.3 is 5.97 Å². The molecule has 0 aliphatic heterocycles. The van der Waals surface area contributed by atoms with Crippen LogP contribution in [0, 0.1) is 20.8 Å². The molecule has 0 spiro atoms. The molecule has 0 fully saturated rings. The Morgan fingerprint density at radius 1 is 1.04 bits per heavy atom. The highest BCUT2D eigenvalue weighted by atomic mass is 16.5. The molecule has 2 aromatic carbocycles. The van der Waals surface area contributed by atoms with Gasteiger partial charge in [-0.1, -0.05) is 17.7 Å². The van der Waals surface area contributed by atoms with Crippen molar-refractivity contribution in [2.45, 2.75) is 27.7 Å². The Labute approximate surface area is 144 Å². The molecule has 0 saturated heterocycles. The summed E-state index contributed by atoms with van der Waals surface area (Å²) in [6.07, 6.45) is 0. The molecule has 0 aliphatic carbocycles. The van der Waals surface area contributed by atoms with E-state index in [0.29, 0.717) is 33.8 Å². The highest BCUT2D eigenvalue weighted by Crippen LogP contribution is 2.29. The van der Waals surface area contributed by atoms with Crippen LogP contribution in [0.15, 0.2) is 45.6 Å². The number of carbonyl (C=O) groups excluding carboxylic acids is 1. The van der Waals surface area contributed by atoms with Gasteiger partial charge in [0.15, 0.2) is 0 Å². The fourth-order valence-corrected chi connectivity index (χ4v) is 2.53. The first kappa shape index (κ1) is 16.8. The predicted molar refractivity (Wildman–Crippen MR) is 94.5 cm³/mol. The third-order valence-corrected chi connectivity index (χ3v) is 3.81. The van der Waals surface area contributed by atoms with Gasteiger partial charge in [-0.25, -0.2) is 0 Å². The fourth-order valence-electron chi connectivity index (χ4n) is 2.53. The summed E-state index contributed by atoms with van der Waals surface area (Å²) in [7, 11) is 0. The number of hydrogen-bond acceptors (Lipinski definition) is 5. The normalized spacial score (nSPS) is 10.7. The van der Waals surface area contributed by atoms with Crippen LogP contribution in [0.1, 0.15) is 23.8 Å². The summed E-state index contributed by atoms with van der Waals surface area (Å²) in [4.78, 5) is 24.0. The highest BCUT2D eigenvalue weighted by Gasteiger charge is 2.16. The Bertz CT molecular complexity index is 1010. The molecule has 0 amide bonds. The molecule has 1 heterocycles. The van der Waals surface area contributed by atoms with E-state index in [-0.39, 0.29) is 11.2 Å². The van der Waals surface area contributed by atoms with Gasteiger partial charge in [-0.2, -0.15) is 0 Å². The zero-order valence-corrected chi connectivity index (χ0v) is 14.5. The van der Waals surface area contributed by atoms with Crippen LogP contribution in [0.5, 0.6) is 17.2 Å². The predicted octanol–water partition coefficient (Wildman–Crippen LogP) is 4.44. The minimum absolute atomic E-state index is 0.149. The van der Waals surface area contributed by atoms with Gasteiger partial charge in [0.1, 0.15) is 22.8 Å². The van der Waals surface area contributed by atoms with Gasteiger partial charge in [0.25, 0.3) is 0 Å². The van der Waals surface area contributed by atoms with Crippen LogP contribution in [0.25, 0.3) is 11.0 Å².